The van der Waals surface area contributed by atoms with Crippen molar-refractivity contribution in [2.75, 3.05) is 23.7 Å². The zero-order valence-corrected chi connectivity index (χ0v) is 20.1. The Morgan fingerprint density at radius 3 is 2.38 bits per heavy atom. The van der Waals surface area contributed by atoms with Crippen LogP contribution in [0.25, 0.3) is 0 Å². The van der Waals surface area contributed by atoms with Gasteiger partial charge in [0.05, 0.1) is 17.2 Å². The van der Waals surface area contributed by atoms with Gasteiger partial charge in [-0.15, -0.1) is 11.8 Å². The minimum atomic E-state index is -3.92. The second-order valence-electron chi connectivity index (χ2n) is 8.46. The Kier molecular flexibility index (Phi) is 7.00. The zero-order valence-electron chi connectivity index (χ0n) is 18.5. The Labute approximate surface area is 194 Å². The summed E-state index contributed by atoms with van der Waals surface area (Å²) < 4.78 is 33.8. The van der Waals surface area contributed by atoms with E-state index in [1.54, 1.807) is 60.3 Å². The van der Waals surface area contributed by atoms with Crippen LogP contribution in [-0.2, 0) is 14.8 Å². The van der Waals surface area contributed by atoms with Gasteiger partial charge in [-0.3, -0.25) is 9.10 Å². The predicted octanol–water partition coefficient (Wildman–Crippen LogP) is 4.31. The highest BCUT2D eigenvalue weighted by Crippen LogP contribution is 2.44. The van der Waals surface area contributed by atoms with Crippen LogP contribution in [0.1, 0.15) is 32.6 Å². The van der Waals surface area contributed by atoms with E-state index < -0.39 is 10.0 Å². The molecule has 2 aliphatic carbocycles. The molecule has 2 saturated carbocycles. The van der Waals surface area contributed by atoms with E-state index in [9.17, 15) is 13.2 Å². The average molecular weight is 475 g/mol. The third-order valence-corrected chi connectivity index (χ3v) is 8.99. The van der Waals surface area contributed by atoms with Crippen LogP contribution < -0.4 is 14.4 Å². The number of hydrogen-bond acceptors (Lipinski definition) is 5. The molecule has 0 aliphatic heterocycles. The Hall–Kier alpha value is -2.19. The van der Waals surface area contributed by atoms with Crippen LogP contribution in [0.15, 0.2) is 58.3 Å². The number of anilines is 1. The first kappa shape index (κ1) is 23.0. The lowest BCUT2D eigenvalue weighted by atomic mass is 9.95. The largest absolute Gasteiger partial charge is 0.494 e. The molecule has 0 spiro atoms. The third-order valence-electron chi connectivity index (χ3n) is 6.45. The smallest absolute Gasteiger partial charge is 0.264 e. The Bertz CT molecular complexity index is 1040. The van der Waals surface area contributed by atoms with Crippen LogP contribution in [0, 0.1) is 11.8 Å². The lowest BCUT2D eigenvalue weighted by Gasteiger charge is -2.27. The van der Waals surface area contributed by atoms with Crippen molar-refractivity contribution in [3.63, 3.8) is 0 Å². The number of nitrogens with one attached hydrogen (secondary N) is 1. The van der Waals surface area contributed by atoms with E-state index in [0.29, 0.717) is 29.9 Å². The summed E-state index contributed by atoms with van der Waals surface area (Å²) in [5.74, 6) is 1.62. The summed E-state index contributed by atoms with van der Waals surface area (Å²) in [4.78, 5) is 14.1. The fourth-order valence-electron chi connectivity index (χ4n) is 4.87. The van der Waals surface area contributed by atoms with Crippen molar-refractivity contribution in [1.29, 1.82) is 0 Å². The molecule has 2 aromatic carbocycles. The number of rotatable bonds is 9. The van der Waals surface area contributed by atoms with Gasteiger partial charge in [0.15, 0.2) is 0 Å². The normalized spacial score (nSPS) is 22.0. The molecule has 2 bridgehead atoms. The van der Waals surface area contributed by atoms with Crippen LogP contribution in [0.2, 0.25) is 0 Å². The van der Waals surface area contributed by atoms with Crippen molar-refractivity contribution in [2.45, 2.75) is 48.4 Å². The molecule has 2 aromatic rings. The van der Waals surface area contributed by atoms with Crippen LogP contribution >= 0.6 is 11.8 Å². The van der Waals surface area contributed by atoms with E-state index in [1.807, 2.05) is 13.2 Å². The van der Waals surface area contributed by atoms with Gasteiger partial charge in [-0.25, -0.2) is 8.42 Å². The molecule has 2 aliphatic rings. The fraction of sp³-hybridized carbons (Fsp3) is 0.458. The van der Waals surface area contributed by atoms with E-state index in [0.717, 1.165) is 17.7 Å². The number of carbonyl (C=O) groups excluding carboxylic acids is 1. The standard InChI is InChI=1S/C24H30N2O4S2/c1-3-30-20-8-6-19(7-9-20)26(32(28,29)22-12-10-21(31-2)11-13-22)16-24(27)25-23-15-17-4-5-18(23)14-17/h6-13,17-18,23H,3-5,14-16H2,1-2H3,(H,25,27). The van der Waals surface area contributed by atoms with E-state index >= 15 is 0 Å². The van der Waals surface area contributed by atoms with E-state index in [-0.39, 0.29) is 23.4 Å². The van der Waals surface area contributed by atoms with Gasteiger partial charge in [0, 0.05) is 10.9 Å². The number of nitrogens with zero attached hydrogens (tertiary/aromatic N) is 1. The molecule has 0 radical (unpaired) electrons. The van der Waals surface area contributed by atoms with Crippen LogP contribution in [0.5, 0.6) is 5.75 Å². The summed E-state index contributed by atoms with van der Waals surface area (Å²) in [6.07, 6.45) is 6.51. The van der Waals surface area contributed by atoms with Gasteiger partial charge in [-0.2, -0.15) is 0 Å². The highest BCUT2D eigenvalue weighted by Gasteiger charge is 2.40. The molecule has 1 N–H and O–H groups in total. The van der Waals surface area contributed by atoms with Gasteiger partial charge in [0.25, 0.3) is 10.0 Å². The monoisotopic (exact) mass is 474 g/mol. The van der Waals surface area contributed by atoms with Gasteiger partial charge < -0.3 is 10.1 Å². The number of amides is 1. The van der Waals surface area contributed by atoms with E-state index in [1.165, 1.54) is 17.1 Å². The molecule has 32 heavy (non-hydrogen) atoms. The summed E-state index contributed by atoms with van der Waals surface area (Å²) >= 11 is 1.55. The van der Waals surface area contributed by atoms with Crippen molar-refractivity contribution in [3.8, 4) is 5.75 Å². The molecule has 0 heterocycles. The minimum absolute atomic E-state index is 0.159. The lowest BCUT2D eigenvalue weighted by molar-refractivity contribution is -0.120. The van der Waals surface area contributed by atoms with Gasteiger partial charge in [-0.05, 0) is 92.8 Å². The van der Waals surface area contributed by atoms with E-state index in [2.05, 4.69) is 5.32 Å². The number of carbonyl (C=O) groups is 1. The Balaban J connectivity index is 1.58. The van der Waals surface area contributed by atoms with Gasteiger partial charge in [0.1, 0.15) is 12.3 Å². The van der Waals surface area contributed by atoms with Crippen molar-refractivity contribution in [2.24, 2.45) is 11.8 Å². The molecule has 2 fully saturated rings. The fourth-order valence-corrected chi connectivity index (χ4v) is 6.70. The maximum atomic E-state index is 13.6. The van der Waals surface area contributed by atoms with Gasteiger partial charge in [0.2, 0.25) is 5.91 Å². The van der Waals surface area contributed by atoms with Crippen LogP contribution in [0.3, 0.4) is 0 Å². The minimum Gasteiger partial charge on any atom is -0.494 e. The van der Waals surface area contributed by atoms with E-state index in [4.69, 9.17) is 4.74 Å². The molecule has 1 amide bonds. The summed E-state index contributed by atoms with van der Waals surface area (Å²) in [6, 6.07) is 13.7. The first-order valence-corrected chi connectivity index (χ1v) is 13.8. The van der Waals surface area contributed by atoms with Crippen LogP contribution in [-0.4, -0.2) is 39.8 Å². The number of hydrogen-bond donors (Lipinski definition) is 1. The second-order valence-corrected chi connectivity index (χ2v) is 11.2. The molecule has 3 atom stereocenters. The van der Waals surface area contributed by atoms with Crippen molar-refractivity contribution < 1.29 is 17.9 Å². The predicted molar refractivity (Wildman–Crippen MR) is 128 cm³/mol. The second kappa shape index (κ2) is 9.75. The Morgan fingerprint density at radius 1 is 1.09 bits per heavy atom. The molecular formula is C24H30N2O4S2. The molecule has 0 saturated heterocycles. The molecule has 0 aromatic heterocycles. The lowest BCUT2D eigenvalue weighted by Crippen LogP contribution is -2.45. The highest BCUT2D eigenvalue weighted by molar-refractivity contribution is 7.98. The molecule has 172 valence electrons. The van der Waals surface area contributed by atoms with Crippen LogP contribution in [0.4, 0.5) is 5.69 Å². The molecule has 6 nitrogen and oxygen atoms in total. The average Bonchev–Trinajstić information content (AvgIpc) is 3.42. The number of fused-ring (bicyclic) bond motifs is 2. The maximum Gasteiger partial charge on any atom is 0.264 e. The maximum absolute atomic E-state index is 13.6. The van der Waals surface area contributed by atoms with Crippen molar-refractivity contribution in [3.05, 3.63) is 48.5 Å². The third kappa shape index (κ3) is 4.91. The van der Waals surface area contributed by atoms with Gasteiger partial charge in [-0.1, -0.05) is 6.42 Å². The number of ether oxygens (including phenoxy) is 1. The number of thioether (sulfide) groups is 1. The first-order valence-electron chi connectivity index (χ1n) is 11.1. The quantitative estimate of drug-likeness (QED) is 0.548. The highest BCUT2D eigenvalue weighted by atomic mass is 32.2. The number of benzene rings is 2. The van der Waals surface area contributed by atoms with Crippen molar-refractivity contribution in [1.82, 2.24) is 5.32 Å². The SMILES string of the molecule is CCOc1ccc(N(CC(=O)NC2CC3CCC2C3)S(=O)(=O)c2ccc(SC)cc2)cc1. The molecule has 8 heteroatoms. The van der Waals surface area contributed by atoms with Crippen molar-refractivity contribution >= 4 is 33.4 Å². The topological polar surface area (TPSA) is 75.7 Å². The number of sulfonamides is 1. The molecule has 3 unspecified atom stereocenters. The Morgan fingerprint density at radius 2 is 1.81 bits per heavy atom. The summed E-state index contributed by atoms with van der Waals surface area (Å²) in [6.45, 7) is 2.16. The first-order chi connectivity index (χ1) is 15.4. The summed E-state index contributed by atoms with van der Waals surface area (Å²) in [5, 5.41) is 3.11. The zero-order chi connectivity index (χ0) is 22.7. The van der Waals surface area contributed by atoms with Gasteiger partial charge >= 0.3 is 0 Å². The summed E-state index contributed by atoms with van der Waals surface area (Å²) in [5.41, 5.74) is 0.436. The molecular weight excluding hydrogens is 444 g/mol. The molecule has 4 rings (SSSR count). The summed E-state index contributed by atoms with van der Waals surface area (Å²) in [7, 11) is -3.92.